The predicted molar refractivity (Wildman–Crippen MR) is 151 cm³/mol. The van der Waals surface area contributed by atoms with Gasteiger partial charge in [0.2, 0.25) is 0 Å². The zero-order chi connectivity index (χ0) is 26.4. The molecule has 0 aliphatic heterocycles. The van der Waals surface area contributed by atoms with Crippen molar-refractivity contribution in [1.82, 2.24) is 0 Å². The summed E-state index contributed by atoms with van der Waals surface area (Å²) in [5.41, 5.74) is 0.680. The van der Waals surface area contributed by atoms with Crippen LogP contribution in [0.5, 0.6) is 5.75 Å². The molecule has 5 aromatic rings. The highest BCUT2D eigenvalue weighted by molar-refractivity contribution is 7.95. The summed E-state index contributed by atoms with van der Waals surface area (Å²) in [6.07, 6.45) is -4.09. The number of rotatable bonds is 8. The Balaban J connectivity index is 1.62. The molecular weight excluding hydrogens is 500 g/mol. The monoisotopic (exact) mass is 527 g/mol. The minimum atomic E-state index is -4.55. The quantitative estimate of drug-likeness (QED) is 0.187. The Hall–Kier alpha value is -3.88. The van der Waals surface area contributed by atoms with Gasteiger partial charge < -0.3 is 4.74 Å². The lowest BCUT2D eigenvalue weighted by atomic mass is 10.1. The van der Waals surface area contributed by atoms with E-state index in [0.717, 1.165) is 21.5 Å². The molecule has 5 aromatic carbocycles. The second kappa shape index (κ2) is 11.2. The molecule has 0 aliphatic carbocycles. The third-order valence-electron chi connectivity index (χ3n) is 6.60. The second-order valence-corrected chi connectivity index (χ2v) is 12.6. The van der Waals surface area contributed by atoms with Gasteiger partial charge in [-0.3, -0.25) is 0 Å². The molecule has 0 aromatic heterocycles. The molecule has 0 unspecified atom stereocenters. The molecule has 0 atom stereocenters. The number of halogens is 3. The molecule has 0 spiro atoms. The lowest BCUT2D eigenvalue weighted by Crippen LogP contribution is -2.32. The number of hydrogen-bond acceptors (Lipinski definition) is 1. The summed E-state index contributed by atoms with van der Waals surface area (Å²) in [7, 11) is -2.33. The minimum absolute atomic E-state index is 0.0677. The average molecular weight is 528 g/mol. The van der Waals surface area contributed by atoms with Crippen molar-refractivity contribution in [2.45, 2.75) is 18.9 Å². The van der Waals surface area contributed by atoms with Gasteiger partial charge in [0.05, 0.1) is 11.7 Å². The molecule has 0 aliphatic rings. The first-order valence-electron chi connectivity index (χ1n) is 12.4. The molecule has 190 valence electrons. The maximum absolute atomic E-state index is 14.3. The third-order valence-corrected chi connectivity index (χ3v) is 11.0. The van der Waals surface area contributed by atoms with E-state index in [-0.39, 0.29) is 12.4 Å². The molecular formula is C33H27F3OP+. The highest BCUT2D eigenvalue weighted by Crippen LogP contribution is 2.58. The van der Waals surface area contributed by atoms with Gasteiger partial charge in [0.25, 0.3) is 0 Å². The van der Waals surface area contributed by atoms with Gasteiger partial charge in [-0.2, -0.15) is 13.2 Å². The summed E-state index contributed by atoms with van der Waals surface area (Å²) in [4.78, 5) is 0. The summed E-state index contributed by atoms with van der Waals surface area (Å²) in [5, 5.41) is 3.36. The molecule has 0 bridgehead atoms. The van der Waals surface area contributed by atoms with Crippen molar-refractivity contribution in [3.63, 3.8) is 0 Å². The van der Waals surface area contributed by atoms with Crippen molar-refractivity contribution in [3.8, 4) is 5.75 Å². The van der Waals surface area contributed by atoms with Crippen LogP contribution in [0.3, 0.4) is 0 Å². The zero-order valence-electron chi connectivity index (χ0n) is 20.7. The van der Waals surface area contributed by atoms with Gasteiger partial charge in [-0.1, -0.05) is 91.0 Å². The van der Waals surface area contributed by atoms with Crippen molar-refractivity contribution in [3.05, 3.63) is 156 Å². The molecule has 0 saturated carbocycles. The number of ether oxygens (including phenoxy) is 1. The van der Waals surface area contributed by atoms with E-state index in [2.05, 4.69) is 36.4 Å². The van der Waals surface area contributed by atoms with Crippen molar-refractivity contribution in [1.29, 1.82) is 0 Å². The van der Waals surface area contributed by atoms with Crippen LogP contribution in [-0.4, -0.2) is 0 Å². The Morgan fingerprint density at radius 1 is 0.526 bits per heavy atom. The second-order valence-electron chi connectivity index (χ2n) is 9.08. The Bertz CT molecular complexity index is 1360. The van der Waals surface area contributed by atoms with E-state index in [1.807, 2.05) is 84.9 Å². The van der Waals surface area contributed by atoms with Crippen molar-refractivity contribution in [2.24, 2.45) is 0 Å². The van der Waals surface area contributed by atoms with E-state index in [1.165, 1.54) is 12.1 Å². The fraction of sp³-hybridized carbons (Fsp3) is 0.0909. The van der Waals surface area contributed by atoms with Crippen LogP contribution in [0.2, 0.25) is 0 Å². The van der Waals surface area contributed by atoms with Crippen molar-refractivity contribution < 1.29 is 17.9 Å². The topological polar surface area (TPSA) is 9.23 Å². The highest BCUT2D eigenvalue weighted by atomic mass is 31.2. The predicted octanol–water partition coefficient (Wildman–Crippen LogP) is 7.78. The summed E-state index contributed by atoms with van der Waals surface area (Å²) < 4.78 is 48.5. The normalized spacial score (nSPS) is 11.8. The van der Waals surface area contributed by atoms with Crippen molar-refractivity contribution in [2.75, 3.05) is 0 Å². The van der Waals surface area contributed by atoms with Crippen LogP contribution in [0, 0.1) is 0 Å². The van der Waals surface area contributed by atoms with E-state index in [1.54, 1.807) is 6.07 Å². The Kier molecular flexibility index (Phi) is 7.62. The lowest BCUT2D eigenvalue weighted by Gasteiger charge is -2.28. The van der Waals surface area contributed by atoms with Crippen LogP contribution >= 0.6 is 7.26 Å². The van der Waals surface area contributed by atoms with Gasteiger partial charge in [0.15, 0.2) is 0 Å². The number of alkyl halides is 3. The van der Waals surface area contributed by atoms with E-state index >= 15 is 0 Å². The summed E-state index contributed by atoms with van der Waals surface area (Å²) >= 11 is 0. The van der Waals surface area contributed by atoms with Gasteiger partial charge in [-0.05, 0) is 59.7 Å². The number of benzene rings is 5. The first kappa shape index (κ1) is 25.8. The fourth-order valence-electron chi connectivity index (χ4n) is 4.80. The molecule has 0 N–H and O–H groups in total. The summed E-state index contributed by atoms with van der Waals surface area (Å²) in [5.74, 6) is -0.159. The molecule has 5 rings (SSSR count). The fourth-order valence-corrected chi connectivity index (χ4v) is 9.03. The Morgan fingerprint density at radius 3 is 1.42 bits per heavy atom. The Morgan fingerprint density at radius 2 is 0.974 bits per heavy atom. The van der Waals surface area contributed by atoms with Crippen LogP contribution in [-0.2, 0) is 18.9 Å². The van der Waals surface area contributed by atoms with E-state index in [4.69, 9.17) is 4.74 Å². The third kappa shape index (κ3) is 5.51. The lowest BCUT2D eigenvalue weighted by molar-refractivity contribution is -0.139. The van der Waals surface area contributed by atoms with E-state index in [0.29, 0.717) is 11.7 Å². The van der Waals surface area contributed by atoms with Crippen LogP contribution in [0.4, 0.5) is 13.2 Å². The van der Waals surface area contributed by atoms with Crippen molar-refractivity contribution >= 4 is 23.2 Å². The molecule has 0 amide bonds. The van der Waals surface area contributed by atoms with Crippen LogP contribution in [0.1, 0.15) is 16.7 Å². The smallest absolute Gasteiger partial charge is 0.419 e. The molecule has 0 saturated heterocycles. The molecule has 1 nitrogen and oxygen atoms in total. The van der Waals surface area contributed by atoms with Gasteiger partial charge in [-0.15, -0.1) is 0 Å². The highest BCUT2D eigenvalue weighted by Gasteiger charge is 2.46. The van der Waals surface area contributed by atoms with Gasteiger partial charge >= 0.3 is 6.18 Å². The van der Waals surface area contributed by atoms with Crippen LogP contribution in [0.15, 0.2) is 140 Å². The summed E-state index contributed by atoms with van der Waals surface area (Å²) in [6, 6.07) is 44.2. The molecule has 0 fully saturated rings. The van der Waals surface area contributed by atoms with Crippen LogP contribution < -0.4 is 20.7 Å². The minimum Gasteiger partial charge on any atom is -0.488 e. The Labute approximate surface area is 221 Å². The molecule has 38 heavy (non-hydrogen) atoms. The van der Waals surface area contributed by atoms with Gasteiger partial charge in [-0.25, -0.2) is 0 Å². The largest absolute Gasteiger partial charge is 0.488 e. The molecule has 0 heterocycles. The van der Waals surface area contributed by atoms with Crippen LogP contribution in [0.25, 0.3) is 0 Å². The molecule has 0 radical (unpaired) electrons. The molecule has 5 heteroatoms. The van der Waals surface area contributed by atoms with Gasteiger partial charge in [0.1, 0.15) is 35.5 Å². The maximum atomic E-state index is 14.3. The first-order valence-corrected chi connectivity index (χ1v) is 14.4. The summed E-state index contributed by atoms with van der Waals surface area (Å²) in [6.45, 7) is 0.0677. The van der Waals surface area contributed by atoms with E-state index < -0.39 is 19.0 Å². The average Bonchev–Trinajstić information content (AvgIpc) is 2.96. The first-order chi connectivity index (χ1) is 18.5. The SMILES string of the molecule is FC(F)(F)c1cc(C[P+](c2ccccc2)(c2ccccc2)c2ccccc2)ccc1OCc1ccccc1. The van der Waals surface area contributed by atoms with Gasteiger partial charge in [0, 0.05) is 0 Å². The standard InChI is InChI=1S/C33H27F3OP/c34-33(35,36)31-23-27(21-22-32(31)37-24-26-13-5-1-6-14-26)25-38(28-15-7-2-8-16-28,29-17-9-3-10-18-29)30-19-11-4-12-20-30/h1-23H,24-25H2/q+1. The van der Waals surface area contributed by atoms with E-state index in [9.17, 15) is 13.2 Å². The number of hydrogen-bond donors (Lipinski definition) is 0. The maximum Gasteiger partial charge on any atom is 0.419 e. The zero-order valence-corrected chi connectivity index (χ0v) is 21.6.